The van der Waals surface area contributed by atoms with E-state index in [1.165, 1.54) is 30.6 Å². The van der Waals surface area contributed by atoms with Crippen LogP contribution in [-0.4, -0.2) is 18.2 Å². The van der Waals surface area contributed by atoms with Gasteiger partial charge in [-0.1, -0.05) is 0 Å². The zero-order valence-electron chi connectivity index (χ0n) is 8.94. The molecule has 1 N–H and O–H groups in total. The van der Waals surface area contributed by atoms with Crippen LogP contribution in [0.15, 0.2) is 29.6 Å². The summed E-state index contributed by atoms with van der Waals surface area (Å²) in [6, 6.07) is 5.36. The van der Waals surface area contributed by atoms with Gasteiger partial charge in [0.2, 0.25) is 0 Å². The van der Waals surface area contributed by atoms with Crippen molar-refractivity contribution in [1.29, 1.82) is 0 Å². The number of carbonyl (C=O) groups is 1. The Morgan fingerprint density at radius 2 is 2.06 bits per heavy atom. The molecule has 88 valence electrons. The number of hydrogen-bond acceptors (Lipinski definition) is 4. The molecule has 0 saturated heterocycles. The molecule has 0 fully saturated rings. The minimum absolute atomic E-state index is 0.147. The number of esters is 1. The lowest BCUT2D eigenvalue weighted by molar-refractivity contribution is 0.0606. The van der Waals surface area contributed by atoms with Crippen LogP contribution in [-0.2, 0) is 4.74 Å². The molecular weight excluding hydrogens is 243 g/mol. The normalized spacial score (nSPS) is 10.2. The number of thiophene rings is 1. The Kier molecular flexibility index (Phi) is 3.10. The van der Waals surface area contributed by atoms with Crippen LogP contribution in [0.5, 0.6) is 5.75 Å². The third-order valence-corrected chi connectivity index (χ3v) is 3.11. The quantitative estimate of drug-likeness (QED) is 0.835. The van der Waals surface area contributed by atoms with E-state index < -0.39 is 11.8 Å². The molecule has 0 spiro atoms. The second kappa shape index (κ2) is 4.55. The first-order valence-electron chi connectivity index (χ1n) is 4.77. The van der Waals surface area contributed by atoms with Crippen LogP contribution in [0, 0.1) is 5.82 Å². The van der Waals surface area contributed by atoms with Crippen molar-refractivity contribution in [3.63, 3.8) is 0 Å². The molecule has 0 saturated carbocycles. The van der Waals surface area contributed by atoms with Crippen molar-refractivity contribution in [2.45, 2.75) is 0 Å². The third kappa shape index (κ3) is 2.45. The largest absolute Gasteiger partial charge is 0.508 e. The van der Waals surface area contributed by atoms with Crippen LogP contribution in [0.1, 0.15) is 9.67 Å². The molecule has 0 amide bonds. The van der Waals surface area contributed by atoms with Crippen molar-refractivity contribution in [3.05, 3.63) is 40.3 Å². The Morgan fingerprint density at radius 1 is 1.29 bits per heavy atom. The molecule has 17 heavy (non-hydrogen) atoms. The molecule has 2 aromatic rings. The maximum Gasteiger partial charge on any atom is 0.348 e. The number of phenolic OH excluding ortho intramolecular Hbond substituents is 1. The fourth-order valence-corrected chi connectivity index (χ4v) is 2.27. The van der Waals surface area contributed by atoms with Crippen LogP contribution < -0.4 is 0 Å². The van der Waals surface area contributed by atoms with Gasteiger partial charge in [-0.15, -0.1) is 11.3 Å². The van der Waals surface area contributed by atoms with Gasteiger partial charge in [0, 0.05) is 6.07 Å². The minimum Gasteiger partial charge on any atom is -0.508 e. The number of benzene rings is 1. The number of ether oxygens (including phenoxy) is 1. The molecule has 1 heterocycles. The van der Waals surface area contributed by atoms with Gasteiger partial charge in [0.1, 0.15) is 16.4 Å². The summed E-state index contributed by atoms with van der Waals surface area (Å²) in [5.74, 6) is -1.10. The van der Waals surface area contributed by atoms with E-state index in [1.54, 1.807) is 11.4 Å². The number of hydrogen-bond donors (Lipinski definition) is 1. The summed E-state index contributed by atoms with van der Waals surface area (Å²) in [7, 11) is 1.30. The molecule has 3 nitrogen and oxygen atoms in total. The molecule has 0 unspecified atom stereocenters. The van der Waals surface area contributed by atoms with E-state index in [4.69, 9.17) is 0 Å². The first-order valence-corrected chi connectivity index (χ1v) is 5.65. The predicted molar refractivity (Wildman–Crippen MR) is 62.7 cm³/mol. The highest BCUT2D eigenvalue weighted by molar-refractivity contribution is 7.12. The number of rotatable bonds is 2. The van der Waals surface area contributed by atoms with Crippen molar-refractivity contribution in [3.8, 4) is 16.9 Å². The van der Waals surface area contributed by atoms with Crippen molar-refractivity contribution in [2.75, 3.05) is 7.11 Å². The summed E-state index contributed by atoms with van der Waals surface area (Å²) in [5.41, 5.74) is 1.19. The van der Waals surface area contributed by atoms with E-state index in [1.807, 2.05) is 0 Å². The summed E-state index contributed by atoms with van der Waals surface area (Å²) in [6.07, 6.45) is 0. The van der Waals surface area contributed by atoms with Gasteiger partial charge in [-0.3, -0.25) is 0 Å². The summed E-state index contributed by atoms with van der Waals surface area (Å²) >= 11 is 1.21. The first kappa shape index (κ1) is 11.6. The second-order valence-electron chi connectivity index (χ2n) is 3.39. The van der Waals surface area contributed by atoms with Gasteiger partial charge < -0.3 is 9.84 Å². The molecule has 5 heteroatoms. The highest BCUT2D eigenvalue weighted by atomic mass is 32.1. The lowest BCUT2D eigenvalue weighted by atomic mass is 10.1. The lowest BCUT2D eigenvalue weighted by Gasteiger charge is -1.99. The number of aromatic hydroxyl groups is 1. The summed E-state index contributed by atoms with van der Waals surface area (Å²) in [6.45, 7) is 0. The fourth-order valence-electron chi connectivity index (χ4n) is 1.44. The molecule has 0 aliphatic rings. The smallest absolute Gasteiger partial charge is 0.348 e. The Labute approximate surface area is 101 Å². The molecule has 1 aromatic heterocycles. The highest BCUT2D eigenvalue weighted by Gasteiger charge is 2.11. The van der Waals surface area contributed by atoms with Gasteiger partial charge in [-0.05, 0) is 34.7 Å². The standard InChI is InChI=1S/C12H9FO3S/c1-16-12(15)11-4-8(6-17-11)7-2-9(13)5-10(14)3-7/h2-6,14H,1H3. The zero-order chi connectivity index (χ0) is 12.4. The Bertz CT molecular complexity index is 542. The van der Waals surface area contributed by atoms with Crippen LogP contribution in [0.2, 0.25) is 0 Å². The van der Waals surface area contributed by atoms with E-state index in [9.17, 15) is 14.3 Å². The van der Waals surface area contributed by atoms with Crippen LogP contribution in [0.25, 0.3) is 11.1 Å². The van der Waals surface area contributed by atoms with E-state index in [-0.39, 0.29) is 5.75 Å². The average Bonchev–Trinajstić information content (AvgIpc) is 2.76. The fraction of sp³-hybridized carbons (Fsp3) is 0.0833. The third-order valence-electron chi connectivity index (χ3n) is 2.20. The Morgan fingerprint density at radius 3 is 2.71 bits per heavy atom. The minimum atomic E-state index is -0.522. The molecule has 0 atom stereocenters. The van der Waals surface area contributed by atoms with E-state index in [2.05, 4.69) is 4.74 Å². The van der Waals surface area contributed by atoms with Crippen LogP contribution >= 0.6 is 11.3 Å². The van der Waals surface area contributed by atoms with Crippen molar-refractivity contribution >= 4 is 17.3 Å². The average molecular weight is 252 g/mol. The van der Waals surface area contributed by atoms with Crippen LogP contribution in [0.4, 0.5) is 4.39 Å². The first-order chi connectivity index (χ1) is 8.10. The van der Waals surface area contributed by atoms with Crippen molar-refractivity contribution in [1.82, 2.24) is 0 Å². The SMILES string of the molecule is COC(=O)c1cc(-c2cc(O)cc(F)c2)cs1. The molecule has 1 aromatic carbocycles. The Balaban J connectivity index is 2.40. The van der Waals surface area contributed by atoms with Gasteiger partial charge >= 0.3 is 5.97 Å². The topological polar surface area (TPSA) is 46.5 Å². The lowest BCUT2D eigenvalue weighted by Crippen LogP contribution is -1.96. The van der Waals surface area contributed by atoms with Gasteiger partial charge in [0.25, 0.3) is 0 Å². The van der Waals surface area contributed by atoms with Gasteiger partial charge in [0.15, 0.2) is 0 Å². The second-order valence-corrected chi connectivity index (χ2v) is 4.30. The van der Waals surface area contributed by atoms with Crippen molar-refractivity contribution < 1.29 is 19.0 Å². The number of carbonyl (C=O) groups excluding carboxylic acids is 1. The number of halogens is 1. The highest BCUT2D eigenvalue weighted by Crippen LogP contribution is 2.29. The molecule has 0 aliphatic carbocycles. The van der Waals surface area contributed by atoms with Gasteiger partial charge in [-0.25, -0.2) is 9.18 Å². The van der Waals surface area contributed by atoms with Crippen molar-refractivity contribution in [2.24, 2.45) is 0 Å². The van der Waals surface area contributed by atoms with Gasteiger partial charge in [-0.2, -0.15) is 0 Å². The molecule has 0 radical (unpaired) electrons. The molecule has 0 bridgehead atoms. The van der Waals surface area contributed by atoms with Crippen LogP contribution in [0.3, 0.4) is 0 Å². The summed E-state index contributed by atoms with van der Waals surface area (Å²) in [4.78, 5) is 11.7. The molecule has 0 aliphatic heterocycles. The molecule has 2 rings (SSSR count). The number of methoxy groups -OCH3 is 1. The summed E-state index contributed by atoms with van der Waals surface area (Å²) < 4.78 is 17.7. The predicted octanol–water partition coefficient (Wildman–Crippen LogP) is 3.05. The maximum atomic E-state index is 13.1. The maximum absolute atomic E-state index is 13.1. The van der Waals surface area contributed by atoms with E-state index in [0.717, 1.165) is 6.07 Å². The van der Waals surface area contributed by atoms with E-state index >= 15 is 0 Å². The molecular formula is C12H9FO3S. The monoisotopic (exact) mass is 252 g/mol. The number of phenols is 1. The van der Waals surface area contributed by atoms with E-state index in [0.29, 0.717) is 16.0 Å². The Hall–Kier alpha value is -1.88. The summed E-state index contributed by atoms with van der Waals surface area (Å²) in [5, 5.41) is 11.0. The van der Waals surface area contributed by atoms with Gasteiger partial charge in [0.05, 0.1) is 7.11 Å². The zero-order valence-corrected chi connectivity index (χ0v) is 9.75.